The molecule has 0 unspecified atom stereocenters. The lowest BCUT2D eigenvalue weighted by molar-refractivity contribution is 0.552. The standard InChI is InChI=1S/C14H12FN3O4S2/c1-18-8-14(16-9-18)24(21,22)17-13-4-2-3-10-7-11(23(15,19)20)5-6-12(10)13/h2-9,17H,1H3. The van der Waals surface area contributed by atoms with E-state index in [2.05, 4.69) is 9.71 Å². The number of aromatic nitrogens is 2. The van der Waals surface area contributed by atoms with Crippen LogP contribution in [0.4, 0.5) is 9.57 Å². The largest absolute Gasteiger partial charge is 0.339 e. The van der Waals surface area contributed by atoms with Gasteiger partial charge in [0, 0.05) is 18.6 Å². The molecule has 3 rings (SSSR count). The highest BCUT2D eigenvalue weighted by Crippen LogP contribution is 2.28. The number of nitrogens with zero attached hydrogens (tertiary/aromatic N) is 2. The molecule has 0 aliphatic heterocycles. The van der Waals surface area contributed by atoms with Crippen LogP contribution in [0.2, 0.25) is 0 Å². The van der Waals surface area contributed by atoms with Crippen molar-refractivity contribution in [3.63, 3.8) is 0 Å². The first-order valence-corrected chi connectivity index (χ1v) is 9.52. The molecule has 1 N–H and O–H groups in total. The summed E-state index contributed by atoms with van der Waals surface area (Å²) in [6, 6.07) is 8.18. The Bertz CT molecular complexity index is 1140. The Morgan fingerprint density at radius 3 is 2.50 bits per heavy atom. The number of hydrogen-bond acceptors (Lipinski definition) is 5. The van der Waals surface area contributed by atoms with Crippen LogP contribution in [-0.2, 0) is 27.3 Å². The summed E-state index contributed by atoms with van der Waals surface area (Å²) in [5.74, 6) is 0. The maximum absolute atomic E-state index is 13.1. The zero-order chi connectivity index (χ0) is 17.5. The quantitative estimate of drug-likeness (QED) is 0.710. The normalized spacial score (nSPS) is 12.4. The molecule has 0 saturated heterocycles. The minimum absolute atomic E-state index is 0.148. The predicted octanol–water partition coefficient (Wildman–Crippen LogP) is 2.03. The maximum Gasteiger partial charge on any atom is 0.332 e. The average Bonchev–Trinajstić information content (AvgIpc) is 2.93. The summed E-state index contributed by atoms with van der Waals surface area (Å²) in [5.41, 5.74) is 0.237. The number of fused-ring (bicyclic) bond motifs is 1. The predicted molar refractivity (Wildman–Crippen MR) is 86.3 cm³/mol. The minimum atomic E-state index is -4.83. The van der Waals surface area contributed by atoms with Gasteiger partial charge in [-0.2, -0.15) is 16.8 Å². The fourth-order valence-corrected chi connectivity index (χ4v) is 3.79. The van der Waals surface area contributed by atoms with Gasteiger partial charge >= 0.3 is 10.2 Å². The number of hydrogen-bond donors (Lipinski definition) is 1. The van der Waals surface area contributed by atoms with Crippen LogP contribution in [0, 0.1) is 0 Å². The van der Waals surface area contributed by atoms with E-state index in [0.29, 0.717) is 10.8 Å². The lowest BCUT2D eigenvalue weighted by atomic mass is 10.1. The Balaban J connectivity index is 2.07. The fourth-order valence-electron chi connectivity index (χ4n) is 2.23. The van der Waals surface area contributed by atoms with Crippen LogP contribution in [0.5, 0.6) is 0 Å². The van der Waals surface area contributed by atoms with Crippen molar-refractivity contribution in [3.8, 4) is 0 Å². The molecule has 0 saturated carbocycles. The van der Waals surface area contributed by atoms with Crippen molar-refractivity contribution in [2.24, 2.45) is 7.05 Å². The van der Waals surface area contributed by atoms with E-state index in [1.165, 1.54) is 35.3 Å². The van der Waals surface area contributed by atoms with Crippen molar-refractivity contribution >= 4 is 36.7 Å². The van der Waals surface area contributed by atoms with Crippen LogP contribution in [0.15, 0.2) is 58.8 Å². The van der Waals surface area contributed by atoms with Crippen molar-refractivity contribution < 1.29 is 20.7 Å². The highest BCUT2D eigenvalue weighted by Gasteiger charge is 2.19. The Labute approximate surface area is 138 Å². The summed E-state index contributed by atoms with van der Waals surface area (Å²) in [6.45, 7) is 0. The molecule has 1 heterocycles. The van der Waals surface area contributed by atoms with E-state index in [9.17, 15) is 20.7 Å². The van der Waals surface area contributed by atoms with E-state index in [1.54, 1.807) is 13.1 Å². The van der Waals surface area contributed by atoms with Gasteiger partial charge in [0.05, 0.1) is 16.9 Å². The molecule has 0 aliphatic carbocycles. The number of anilines is 1. The maximum atomic E-state index is 13.1. The molecule has 0 amide bonds. The molecule has 1 aromatic heterocycles. The lowest BCUT2D eigenvalue weighted by Gasteiger charge is -2.09. The van der Waals surface area contributed by atoms with E-state index in [0.717, 1.165) is 12.1 Å². The smallest absolute Gasteiger partial charge is 0.332 e. The number of halogens is 1. The zero-order valence-electron chi connectivity index (χ0n) is 12.3. The number of aryl methyl sites for hydroxylation is 1. The topological polar surface area (TPSA) is 98.1 Å². The molecule has 24 heavy (non-hydrogen) atoms. The van der Waals surface area contributed by atoms with Gasteiger partial charge in [-0.3, -0.25) is 4.72 Å². The Morgan fingerprint density at radius 1 is 1.12 bits per heavy atom. The van der Waals surface area contributed by atoms with Gasteiger partial charge in [0.15, 0.2) is 5.03 Å². The minimum Gasteiger partial charge on any atom is -0.339 e. The van der Waals surface area contributed by atoms with Crippen molar-refractivity contribution in [1.82, 2.24) is 9.55 Å². The third kappa shape index (κ3) is 3.10. The Hall–Kier alpha value is -2.46. The van der Waals surface area contributed by atoms with Crippen LogP contribution in [0.1, 0.15) is 0 Å². The lowest BCUT2D eigenvalue weighted by Crippen LogP contribution is -2.13. The summed E-state index contributed by atoms with van der Waals surface area (Å²) in [5, 5.41) is 0.671. The molecule has 0 spiro atoms. The number of rotatable bonds is 4. The van der Waals surface area contributed by atoms with Gasteiger partial charge in [-0.1, -0.05) is 18.2 Å². The first-order chi connectivity index (χ1) is 11.2. The molecule has 0 aliphatic rings. The Kier molecular flexibility index (Phi) is 3.80. The van der Waals surface area contributed by atoms with Crippen molar-refractivity contribution in [2.75, 3.05) is 4.72 Å². The molecular formula is C14H12FN3O4S2. The fraction of sp³-hybridized carbons (Fsp3) is 0.0714. The van der Waals surface area contributed by atoms with Gasteiger partial charge in [-0.05, 0) is 23.6 Å². The molecule has 126 valence electrons. The first-order valence-electron chi connectivity index (χ1n) is 6.65. The number of imidazole rings is 1. The van der Waals surface area contributed by atoms with E-state index in [4.69, 9.17) is 0 Å². The summed E-state index contributed by atoms with van der Waals surface area (Å²) < 4.78 is 63.7. The van der Waals surface area contributed by atoms with Gasteiger partial charge in [-0.15, -0.1) is 3.89 Å². The molecule has 10 heteroatoms. The third-order valence-corrected chi connectivity index (χ3v) is 5.40. The van der Waals surface area contributed by atoms with Crippen molar-refractivity contribution in [1.29, 1.82) is 0 Å². The summed E-state index contributed by atoms with van der Waals surface area (Å²) in [4.78, 5) is 3.31. The van der Waals surface area contributed by atoms with E-state index < -0.39 is 25.1 Å². The van der Waals surface area contributed by atoms with Crippen LogP contribution < -0.4 is 4.72 Å². The van der Waals surface area contributed by atoms with Crippen molar-refractivity contribution in [2.45, 2.75) is 9.92 Å². The van der Waals surface area contributed by atoms with E-state index in [1.807, 2.05) is 0 Å². The molecule has 7 nitrogen and oxygen atoms in total. The second kappa shape index (κ2) is 5.56. The average molecular weight is 369 g/mol. The highest BCUT2D eigenvalue weighted by molar-refractivity contribution is 7.92. The molecule has 0 radical (unpaired) electrons. The molecule has 0 fully saturated rings. The number of sulfonamides is 1. The molecule has 3 aromatic rings. The zero-order valence-corrected chi connectivity index (χ0v) is 14.0. The molecular weight excluding hydrogens is 357 g/mol. The SMILES string of the molecule is Cn1cnc(S(=O)(=O)Nc2cccc3cc(S(=O)(=O)F)ccc23)c1. The second-order valence-corrected chi connectivity index (χ2v) is 8.09. The molecule has 0 atom stereocenters. The van der Waals surface area contributed by atoms with Gasteiger partial charge in [0.2, 0.25) is 0 Å². The van der Waals surface area contributed by atoms with Crippen LogP contribution >= 0.6 is 0 Å². The van der Waals surface area contributed by atoms with E-state index in [-0.39, 0.29) is 10.7 Å². The van der Waals surface area contributed by atoms with Crippen LogP contribution in [0.3, 0.4) is 0 Å². The number of benzene rings is 2. The van der Waals surface area contributed by atoms with Crippen LogP contribution in [-0.4, -0.2) is 26.4 Å². The third-order valence-electron chi connectivity index (χ3n) is 3.33. The first kappa shape index (κ1) is 16.4. The Morgan fingerprint density at radius 2 is 1.88 bits per heavy atom. The number of nitrogens with one attached hydrogen (secondary N) is 1. The monoisotopic (exact) mass is 369 g/mol. The summed E-state index contributed by atoms with van der Waals surface area (Å²) in [6.07, 6.45) is 2.71. The van der Waals surface area contributed by atoms with Crippen molar-refractivity contribution in [3.05, 3.63) is 48.9 Å². The summed E-state index contributed by atoms with van der Waals surface area (Å²) >= 11 is 0. The van der Waals surface area contributed by atoms with E-state index >= 15 is 0 Å². The van der Waals surface area contributed by atoms with Gasteiger partial charge in [0.1, 0.15) is 0 Å². The van der Waals surface area contributed by atoms with Gasteiger partial charge in [0.25, 0.3) is 10.0 Å². The van der Waals surface area contributed by atoms with Gasteiger partial charge in [-0.25, -0.2) is 4.98 Å². The van der Waals surface area contributed by atoms with Gasteiger partial charge < -0.3 is 4.57 Å². The van der Waals surface area contributed by atoms with Crippen LogP contribution in [0.25, 0.3) is 10.8 Å². The second-order valence-electron chi connectivity index (χ2n) is 5.11. The highest BCUT2D eigenvalue weighted by atomic mass is 32.3. The molecule has 2 aromatic carbocycles. The summed E-state index contributed by atoms with van der Waals surface area (Å²) in [7, 11) is -7.09. The molecule has 0 bridgehead atoms.